The first kappa shape index (κ1) is 17.7. The third kappa shape index (κ3) is 3.82. The van der Waals surface area contributed by atoms with Crippen LogP contribution in [0.3, 0.4) is 0 Å². The van der Waals surface area contributed by atoms with E-state index in [-0.39, 0.29) is 18.3 Å². The summed E-state index contributed by atoms with van der Waals surface area (Å²) in [7, 11) is 0. The van der Waals surface area contributed by atoms with Crippen molar-refractivity contribution in [3.63, 3.8) is 0 Å². The van der Waals surface area contributed by atoms with E-state index in [1.165, 1.54) is 0 Å². The number of likely N-dealkylation sites (tertiary alicyclic amines) is 1. The van der Waals surface area contributed by atoms with Crippen LogP contribution >= 0.6 is 28.3 Å². The molecule has 122 valence electrons. The number of hydrogen-bond donors (Lipinski definition) is 1. The van der Waals surface area contributed by atoms with Gasteiger partial charge in [-0.3, -0.25) is 9.69 Å². The molecule has 0 aliphatic carbocycles. The Balaban J connectivity index is 0.00000176. The molecular formula is C16H23BrClN3O. The molecule has 1 unspecified atom stereocenters. The summed E-state index contributed by atoms with van der Waals surface area (Å²) in [4.78, 5) is 17.3. The van der Waals surface area contributed by atoms with Gasteiger partial charge in [0.2, 0.25) is 0 Å². The Morgan fingerprint density at radius 1 is 1.27 bits per heavy atom. The summed E-state index contributed by atoms with van der Waals surface area (Å²) >= 11 is 3.46. The molecule has 1 amide bonds. The fourth-order valence-electron chi connectivity index (χ4n) is 3.27. The molecule has 0 spiro atoms. The maximum absolute atomic E-state index is 12.7. The molecule has 3 rings (SSSR count). The van der Waals surface area contributed by atoms with Crippen LogP contribution in [0.25, 0.3) is 0 Å². The van der Waals surface area contributed by atoms with Crippen LogP contribution in [0.1, 0.15) is 22.3 Å². The molecule has 2 aliphatic heterocycles. The second-order valence-electron chi connectivity index (χ2n) is 5.94. The molecule has 1 N–H and O–H groups in total. The van der Waals surface area contributed by atoms with Gasteiger partial charge >= 0.3 is 0 Å². The summed E-state index contributed by atoms with van der Waals surface area (Å²) in [5.74, 6) is 0.173. The van der Waals surface area contributed by atoms with Crippen molar-refractivity contribution in [2.75, 3.05) is 39.3 Å². The first-order valence-electron chi connectivity index (χ1n) is 7.65. The minimum absolute atomic E-state index is 0. The van der Waals surface area contributed by atoms with Gasteiger partial charge in [-0.25, -0.2) is 0 Å². The summed E-state index contributed by atoms with van der Waals surface area (Å²) < 4.78 is 0.967. The number of carbonyl (C=O) groups excluding carboxylic acids is 1. The van der Waals surface area contributed by atoms with Gasteiger partial charge in [-0.15, -0.1) is 12.4 Å². The lowest BCUT2D eigenvalue weighted by Crippen LogP contribution is -2.49. The van der Waals surface area contributed by atoms with Crippen molar-refractivity contribution >= 4 is 34.2 Å². The molecule has 2 fully saturated rings. The van der Waals surface area contributed by atoms with Crippen LogP contribution in [0.4, 0.5) is 0 Å². The Bertz CT molecular complexity index is 534. The number of piperazine rings is 1. The van der Waals surface area contributed by atoms with Crippen molar-refractivity contribution in [3.8, 4) is 0 Å². The predicted molar refractivity (Wildman–Crippen MR) is 94.9 cm³/mol. The standard InChI is InChI=1S/C16H22BrN3O.ClH/c1-12-2-3-13(17)10-15(12)16(21)20-7-4-14(11-20)19-8-5-18-6-9-19;/h2-3,10,14,18H,4-9,11H2,1H3;1H. The van der Waals surface area contributed by atoms with E-state index >= 15 is 0 Å². The van der Waals surface area contributed by atoms with Crippen molar-refractivity contribution in [1.82, 2.24) is 15.1 Å². The second-order valence-corrected chi connectivity index (χ2v) is 6.85. The first-order chi connectivity index (χ1) is 10.1. The number of nitrogens with one attached hydrogen (secondary N) is 1. The van der Waals surface area contributed by atoms with Crippen molar-refractivity contribution in [3.05, 3.63) is 33.8 Å². The monoisotopic (exact) mass is 387 g/mol. The molecule has 2 saturated heterocycles. The van der Waals surface area contributed by atoms with E-state index in [1.54, 1.807) is 0 Å². The number of carbonyl (C=O) groups is 1. The number of halogens is 2. The van der Waals surface area contributed by atoms with E-state index in [1.807, 2.05) is 30.0 Å². The quantitative estimate of drug-likeness (QED) is 0.844. The van der Waals surface area contributed by atoms with Crippen LogP contribution < -0.4 is 5.32 Å². The van der Waals surface area contributed by atoms with Crippen LogP contribution in [-0.2, 0) is 0 Å². The lowest BCUT2D eigenvalue weighted by molar-refractivity contribution is 0.0772. The molecule has 22 heavy (non-hydrogen) atoms. The normalized spacial score (nSPS) is 22.5. The van der Waals surface area contributed by atoms with Gasteiger partial charge in [-0.1, -0.05) is 22.0 Å². The molecule has 4 nitrogen and oxygen atoms in total. The smallest absolute Gasteiger partial charge is 0.254 e. The largest absolute Gasteiger partial charge is 0.337 e. The predicted octanol–water partition coefficient (Wildman–Crippen LogP) is 2.30. The van der Waals surface area contributed by atoms with Crippen molar-refractivity contribution in [2.24, 2.45) is 0 Å². The molecule has 0 radical (unpaired) electrons. The zero-order chi connectivity index (χ0) is 14.8. The molecular weight excluding hydrogens is 366 g/mol. The number of benzene rings is 1. The third-order valence-electron chi connectivity index (χ3n) is 4.55. The van der Waals surface area contributed by atoms with Gasteiger partial charge in [0.05, 0.1) is 0 Å². The van der Waals surface area contributed by atoms with E-state index in [0.717, 1.165) is 61.3 Å². The highest BCUT2D eigenvalue weighted by molar-refractivity contribution is 9.10. The highest BCUT2D eigenvalue weighted by Gasteiger charge is 2.31. The average Bonchev–Trinajstić information content (AvgIpc) is 3.00. The van der Waals surface area contributed by atoms with E-state index < -0.39 is 0 Å². The maximum Gasteiger partial charge on any atom is 0.254 e. The Labute approximate surface area is 146 Å². The second kappa shape index (κ2) is 7.77. The Morgan fingerprint density at radius 2 is 2.00 bits per heavy atom. The highest BCUT2D eigenvalue weighted by atomic mass is 79.9. The fraction of sp³-hybridized carbons (Fsp3) is 0.562. The van der Waals surface area contributed by atoms with Crippen molar-refractivity contribution < 1.29 is 4.79 Å². The lowest BCUT2D eigenvalue weighted by Gasteiger charge is -2.32. The van der Waals surface area contributed by atoms with E-state index in [0.29, 0.717) is 6.04 Å². The van der Waals surface area contributed by atoms with Crippen LogP contribution in [0.2, 0.25) is 0 Å². The van der Waals surface area contributed by atoms with Gasteiger partial charge in [-0.2, -0.15) is 0 Å². The van der Waals surface area contributed by atoms with Crippen LogP contribution in [0, 0.1) is 6.92 Å². The zero-order valence-electron chi connectivity index (χ0n) is 12.8. The summed E-state index contributed by atoms with van der Waals surface area (Å²) in [6.07, 6.45) is 1.10. The SMILES string of the molecule is Cc1ccc(Br)cc1C(=O)N1CCC(N2CCNCC2)C1.Cl. The van der Waals surface area contributed by atoms with Crippen LogP contribution in [0.5, 0.6) is 0 Å². The molecule has 0 saturated carbocycles. The van der Waals surface area contributed by atoms with Gasteiger partial charge < -0.3 is 10.2 Å². The van der Waals surface area contributed by atoms with E-state index in [2.05, 4.69) is 26.1 Å². The number of aryl methyl sites for hydroxylation is 1. The summed E-state index contributed by atoms with van der Waals surface area (Å²) in [5, 5.41) is 3.38. The highest BCUT2D eigenvalue weighted by Crippen LogP contribution is 2.22. The van der Waals surface area contributed by atoms with Gasteiger partial charge in [0.1, 0.15) is 0 Å². The number of nitrogens with zero attached hydrogens (tertiary/aromatic N) is 2. The van der Waals surface area contributed by atoms with Crippen molar-refractivity contribution in [2.45, 2.75) is 19.4 Å². The molecule has 2 heterocycles. The minimum atomic E-state index is 0. The number of rotatable bonds is 2. The van der Waals surface area contributed by atoms with E-state index in [4.69, 9.17) is 0 Å². The molecule has 1 aromatic carbocycles. The van der Waals surface area contributed by atoms with Crippen molar-refractivity contribution in [1.29, 1.82) is 0 Å². The molecule has 6 heteroatoms. The Morgan fingerprint density at radius 3 is 2.73 bits per heavy atom. The van der Waals surface area contributed by atoms with Crippen LogP contribution in [0.15, 0.2) is 22.7 Å². The fourth-order valence-corrected chi connectivity index (χ4v) is 3.63. The number of amides is 1. The Kier molecular flexibility index (Phi) is 6.26. The summed E-state index contributed by atoms with van der Waals surface area (Å²) in [6, 6.07) is 6.46. The maximum atomic E-state index is 12.7. The molecule has 2 aliphatic rings. The van der Waals surface area contributed by atoms with Crippen LogP contribution in [-0.4, -0.2) is 61.0 Å². The first-order valence-corrected chi connectivity index (χ1v) is 8.44. The van der Waals surface area contributed by atoms with E-state index in [9.17, 15) is 4.79 Å². The molecule has 1 atom stereocenters. The number of hydrogen-bond acceptors (Lipinski definition) is 3. The van der Waals surface area contributed by atoms with Gasteiger partial charge in [0, 0.05) is 55.3 Å². The molecule has 0 bridgehead atoms. The summed E-state index contributed by atoms with van der Waals surface area (Å²) in [5.41, 5.74) is 1.87. The van der Waals surface area contributed by atoms with Gasteiger partial charge in [0.25, 0.3) is 5.91 Å². The third-order valence-corrected chi connectivity index (χ3v) is 5.04. The lowest BCUT2D eigenvalue weighted by atomic mass is 10.1. The Hall–Kier alpha value is -0.620. The zero-order valence-corrected chi connectivity index (χ0v) is 15.3. The minimum Gasteiger partial charge on any atom is -0.337 e. The average molecular weight is 389 g/mol. The van der Waals surface area contributed by atoms with Gasteiger partial charge in [0.15, 0.2) is 0 Å². The topological polar surface area (TPSA) is 35.6 Å². The van der Waals surface area contributed by atoms with Gasteiger partial charge in [-0.05, 0) is 31.0 Å². The molecule has 0 aromatic heterocycles. The summed E-state index contributed by atoms with van der Waals surface area (Å²) in [6.45, 7) is 8.07. The molecule has 1 aromatic rings.